The van der Waals surface area contributed by atoms with Crippen molar-refractivity contribution >= 4 is 22.0 Å². The number of piperidine rings is 1. The van der Waals surface area contributed by atoms with Crippen molar-refractivity contribution in [2.75, 3.05) is 31.6 Å². The summed E-state index contributed by atoms with van der Waals surface area (Å²) in [6.07, 6.45) is 6.09. The van der Waals surface area contributed by atoms with Crippen molar-refractivity contribution in [2.45, 2.75) is 51.6 Å². The Morgan fingerprint density at radius 1 is 1.40 bits per heavy atom. The minimum Gasteiger partial charge on any atom is -0.315 e. The van der Waals surface area contributed by atoms with E-state index in [1.807, 2.05) is 13.2 Å². The molecule has 7 heteroatoms. The number of hydrogen-bond donors (Lipinski definition) is 2. The van der Waals surface area contributed by atoms with Crippen LogP contribution in [0.2, 0.25) is 0 Å². The molecule has 20 heavy (non-hydrogen) atoms. The Bertz CT molecular complexity index is 363. The zero-order valence-electron chi connectivity index (χ0n) is 12.9. The van der Waals surface area contributed by atoms with E-state index in [4.69, 9.17) is 0 Å². The van der Waals surface area contributed by atoms with Gasteiger partial charge >= 0.3 is 0 Å². The van der Waals surface area contributed by atoms with Crippen molar-refractivity contribution in [3.8, 4) is 0 Å². The fraction of sp³-hybridized carbons (Fsp3) is 1.00. The van der Waals surface area contributed by atoms with Crippen molar-refractivity contribution in [2.24, 2.45) is 0 Å². The Balaban J connectivity index is 2.62. The fourth-order valence-electron chi connectivity index (χ4n) is 2.55. The topological polar surface area (TPSA) is 61.4 Å². The molecule has 2 atom stereocenters. The lowest BCUT2D eigenvalue weighted by atomic mass is 10.1. The number of hydrogen-bond acceptors (Lipinski definition) is 4. The van der Waals surface area contributed by atoms with Crippen LogP contribution in [0.15, 0.2) is 0 Å². The highest BCUT2D eigenvalue weighted by Crippen LogP contribution is 2.19. The Hall–Kier alpha value is 0.180. The molecule has 1 fully saturated rings. The monoisotopic (exact) mass is 323 g/mol. The van der Waals surface area contributed by atoms with Gasteiger partial charge in [-0.1, -0.05) is 13.3 Å². The first-order valence-corrected chi connectivity index (χ1v) is 10.3. The number of nitrogens with zero attached hydrogens (tertiary/aromatic N) is 1. The molecule has 0 bridgehead atoms. The maximum atomic E-state index is 12.5. The highest BCUT2D eigenvalue weighted by Gasteiger charge is 2.32. The van der Waals surface area contributed by atoms with Crippen LogP contribution in [0.25, 0.3) is 0 Å². The van der Waals surface area contributed by atoms with Gasteiger partial charge in [0.2, 0.25) is 0 Å². The second-order valence-corrected chi connectivity index (χ2v) is 8.01. The van der Waals surface area contributed by atoms with Crippen LogP contribution in [-0.4, -0.2) is 56.4 Å². The van der Waals surface area contributed by atoms with Crippen molar-refractivity contribution < 1.29 is 8.42 Å². The summed E-state index contributed by atoms with van der Waals surface area (Å²) in [5.74, 6) is 0.797. The summed E-state index contributed by atoms with van der Waals surface area (Å²) in [6.45, 7) is 6.38. The zero-order chi connectivity index (χ0) is 15.0. The summed E-state index contributed by atoms with van der Waals surface area (Å²) in [5, 5.41) is 3.35. The third-order valence-corrected chi connectivity index (χ3v) is 6.09. The van der Waals surface area contributed by atoms with Crippen molar-refractivity contribution in [3.05, 3.63) is 0 Å². The predicted octanol–water partition coefficient (Wildman–Crippen LogP) is 1.43. The molecule has 2 N–H and O–H groups in total. The molecule has 1 rings (SSSR count). The van der Waals surface area contributed by atoms with Gasteiger partial charge in [0.15, 0.2) is 0 Å². The van der Waals surface area contributed by atoms with Gasteiger partial charge in [-0.25, -0.2) is 0 Å². The van der Waals surface area contributed by atoms with E-state index in [1.54, 1.807) is 16.1 Å². The Morgan fingerprint density at radius 3 is 2.80 bits per heavy atom. The quantitative estimate of drug-likeness (QED) is 0.630. The van der Waals surface area contributed by atoms with Crippen LogP contribution in [0.4, 0.5) is 0 Å². The van der Waals surface area contributed by atoms with Gasteiger partial charge in [0.25, 0.3) is 10.2 Å². The molecule has 0 radical (unpaired) electrons. The summed E-state index contributed by atoms with van der Waals surface area (Å²) >= 11 is 1.66. The average molecular weight is 324 g/mol. The van der Waals surface area contributed by atoms with Gasteiger partial charge in [-0.2, -0.15) is 29.2 Å². The first-order valence-electron chi connectivity index (χ1n) is 7.50. The fourth-order valence-corrected chi connectivity index (χ4v) is 4.90. The first-order chi connectivity index (χ1) is 9.51. The highest BCUT2D eigenvalue weighted by atomic mass is 32.2. The van der Waals surface area contributed by atoms with Gasteiger partial charge in [-0.3, -0.25) is 0 Å². The van der Waals surface area contributed by atoms with Gasteiger partial charge in [-0.15, -0.1) is 0 Å². The van der Waals surface area contributed by atoms with Crippen LogP contribution >= 0.6 is 11.8 Å². The summed E-state index contributed by atoms with van der Waals surface area (Å²) in [5.41, 5.74) is 0. The molecular weight excluding hydrogens is 294 g/mol. The van der Waals surface area contributed by atoms with Crippen molar-refractivity contribution in [1.29, 1.82) is 0 Å². The summed E-state index contributed by atoms with van der Waals surface area (Å²) in [4.78, 5) is 0. The molecule has 2 unspecified atom stereocenters. The molecule has 5 nitrogen and oxygen atoms in total. The van der Waals surface area contributed by atoms with Crippen LogP contribution in [0.5, 0.6) is 0 Å². The first kappa shape index (κ1) is 18.2. The molecule has 0 aromatic carbocycles. The van der Waals surface area contributed by atoms with Gasteiger partial charge in [0.1, 0.15) is 0 Å². The van der Waals surface area contributed by atoms with Crippen LogP contribution in [0.3, 0.4) is 0 Å². The predicted molar refractivity (Wildman–Crippen MR) is 87.4 cm³/mol. The standard InChI is InChI=1S/C13H29N3O2S2/c1-4-8-14-10-13-7-5-6-9-16(13)20(17,18)15-12(2)11-19-3/h12-15H,4-11H2,1-3H3. The van der Waals surface area contributed by atoms with Crippen LogP contribution in [-0.2, 0) is 10.2 Å². The molecule has 1 aliphatic rings. The third-order valence-electron chi connectivity index (χ3n) is 3.46. The zero-order valence-corrected chi connectivity index (χ0v) is 14.5. The lowest BCUT2D eigenvalue weighted by molar-refractivity contribution is 0.242. The highest BCUT2D eigenvalue weighted by molar-refractivity contribution is 7.98. The lowest BCUT2D eigenvalue weighted by Crippen LogP contribution is -2.54. The molecule has 0 amide bonds. The number of thioether (sulfide) groups is 1. The van der Waals surface area contributed by atoms with E-state index in [0.29, 0.717) is 6.54 Å². The Labute approximate surface area is 128 Å². The molecule has 1 aliphatic heterocycles. The molecule has 0 aliphatic carbocycles. The SMILES string of the molecule is CCCNCC1CCCCN1S(=O)(=O)NC(C)CSC. The summed E-state index contributed by atoms with van der Waals surface area (Å²) in [7, 11) is -3.36. The van der Waals surface area contributed by atoms with Gasteiger partial charge in [0.05, 0.1) is 0 Å². The number of rotatable bonds is 9. The molecule has 0 aromatic heterocycles. The van der Waals surface area contributed by atoms with E-state index >= 15 is 0 Å². The van der Waals surface area contributed by atoms with E-state index in [9.17, 15) is 8.42 Å². The van der Waals surface area contributed by atoms with E-state index < -0.39 is 10.2 Å². The molecule has 1 heterocycles. The molecular formula is C13H29N3O2S2. The van der Waals surface area contributed by atoms with Crippen molar-refractivity contribution in [1.82, 2.24) is 14.3 Å². The van der Waals surface area contributed by atoms with Gasteiger partial charge in [-0.05, 0) is 39.0 Å². The number of nitrogens with one attached hydrogen (secondary N) is 2. The van der Waals surface area contributed by atoms with E-state index in [-0.39, 0.29) is 12.1 Å². The Kier molecular flexibility index (Phi) is 8.43. The maximum Gasteiger partial charge on any atom is 0.280 e. The van der Waals surface area contributed by atoms with Gasteiger partial charge < -0.3 is 5.32 Å². The molecule has 1 saturated heterocycles. The Morgan fingerprint density at radius 2 is 2.15 bits per heavy atom. The molecule has 0 saturated carbocycles. The van der Waals surface area contributed by atoms with Gasteiger partial charge in [0, 0.05) is 30.9 Å². The second-order valence-electron chi connectivity index (χ2n) is 5.44. The summed E-state index contributed by atoms with van der Waals surface area (Å²) < 4.78 is 29.4. The van der Waals surface area contributed by atoms with Crippen molar-refractivity contribution in [3.63, 3.8) is 0 Å². The normalized spacial score (nSPS) is 22.9. The molecule has 0 aromatic rings. The smallest absolute Gasteiger partial charge is 0.280 e. The van der Waals surface area contributed by atoms with E-state index in [0.717, 1.165) is 44.5 Å². The minimum absolute atomic E-state index is 0.0267. The third kappa shape index (κ3) is 5.89. The van der Waals surface area contributed by atoms with E-state index in [1.165, 1.54) is 0 Å². The summed E-state index contributed by atoms with van der Waals surface area (Å²) in [6, 6.07) is 0.0652. The van der Waals surface area contributed by atoms with E-state index in [2.05, 4.69) is 17.0 Å². The average Bonchev–Trinajstić information content (AvgIpc) is 2.39. The second kappa shape index (κ2) is 9.25. The largest absolute Gasteiger partial charge is 0.315 e. The maximum absolute atomic E-state index is 12.5. The minimum atomic E-state index is -3.36. The lowest BCUT2D eigenvalue weighted by Gasteiger charge is -2.35. The molecule has 120 valence electrons. The van der Waals surface area contributed by atoms with Crippen LogP contribution in [0, 0.1) is 0 Å². The molecule has 0 spiro atoms. The van der Waals surface area contributed by atoms with Crippen LogP contribution < -0.4 is 10.0 Å². The van der Waals surface area contributed by atoms with Crippen LogP contribution in [0.1, 0.15) is 39.5 Å².